The Balaban J connectivity index is 1.67. The molecule has 3 aromatic rings. The summed E-state index contributed by atoms with van der Waals surface area (Å²) in [7, 11) is 0. The minimum atomic E-state index is -0.0797. The van der Waals surface area contributed by atoms with Crippen molar-refractivity contribution in [1.29, 1.82) is 0 Å². The molecule has 1 unspecified atom stereocenters. The Hall–Kier alpha value is -2.75. The van der Waals surface area contributed by atoms with Crippen molar-refractivity contribution in [3.63, 3.8) is 0 Å². The maximum atomic E-state index is 12.4. The van der Waals surface area contributed by atoms with Gasteiger partial charge in [0.15, 0.2) is 0 Å². The third-order valence-corrected chi connectivity index (χ3v) is 3.99. The van der Waals surface area contributed by atoms with Gasteiger partial charge in [0.1, 0.15) is 5.75 Å². The normalized spacial score (nSPS) is 12.1. The topological polar surface area (TPSA) is 54.1 Å². The minimum absolute atomic E-state index is 0.0347. The Labute approximate surface area is 141 Å². The summed E-state index contributed by atoms with van der Waals surface area (Å²) in [6.45, 7) is 4.53. The summed E-state index contributed by atoms with van der Waals surface area (Å²) in [5.74, 6) is 0.637. The highest BCUT2D eigenvalue weighted by molar-refractivity contribution is 5.94. The quantitative estimate of drug-likeness (QED) is 0.722. The molecule has 0 radical (unpaired) electrons. The van der Waals surface area contributed by atoms with Crippen molar-refractivity contribution in [2.75, 3.05) is 6.61 Å². The number of amides is 1. The van der Waals surface area contributed by atoms with Crippen molar-refractivity contribution in [3.8, 4) is 5.75 Å². The lowest BCUT2D eigenvalue weighted by atomic mass is 10.1. The Morgan fingerprint density at radius 3 is 2.88 bits per heavy atom. The molecule has 0 aliphatic carbocycles. The summed E-state index contributed by atoms with van der Waals surface area (Å²) in [4.78, 5) is 15.7. The molecule has 3 rings (SSSR count). The number of nitrogens with one attached hydrogen (secondary N) is 2. The Kier molecular flexibility index (Phi) is 4.85. The third-order valence-electron chi connectivity index (χ3n) is 3.99. The van der Waals surface area contributed by atoms with Crippen LogP contribution in [0.1, 0.15) is 29.8 Å². The molecule has 0 saturated carbocycles. The monoisotopic (exact) mass is 322 g/mol. The molecule has 1 heterocycles. The summed E-state index contributed by atoms with van der Waals surface area (Å²) in [5.41, 5.74) is 2.95. The second-order valence-corrected chi connectivity index (χ2v) is 5.90. The molecule has 4 nitrogen and oxygen atoms in total. The second-order valence-electron chi connectivity index (χ2n) is 5.90. The van der Waals surface area contributed by atoms with Gasteiger partial charge in [-0.15, -0.1) is 0 Å². The molecule has 1 amide bonds. The number of benzene rings is 2. The van der Waals surface area contributed by atoms with E-state index < -0.39 is 0 Å². The van der Waals surface area contributed by atoms with E-state index in [1.165, 1.54) is 10.9 Å². The van der Waals surface area contributed by atoms with Gasteiger partial charge in [-0.1, -0.05) is 24.3 Å². The first kappa shape index (κ1) is 16.1. The van der Waals surface area contributed by atoms with E-state index >= 15 is 0 Å². The van der Waals surface area contributed by atoms with Gasteiger partial charge in [0.2, 0.25) is 0 Å². The zero-order chi connectivity index (χ0) is 16.9. The third kappa shape index (κ3) is 3.59. The molecule has 1 aromatic heterocycles. The lowest BCUT2D eigenvalue weighted by Gasteiger charge is -2.14. The van der Waals surface area contributed by atoms with Gasteiger partial charge in [-0.3, -0.25) is 4.79 Å². The van der Waals surface area contributed by atoms with Crippen LogP contribution < -0.4 is 10.1 Å². The van der Waals surface area contributed by atoms with E-state index in [0.717, 1.165) is 17.7 Å². The molecular formula is C20H22N2O2. The molecule has 24 heavy (non-hydrogen) atoms. The summed E-state index contributed by atoms with van der Waals surface area (Å²) >= 11 is 0. The van der Waals surface area contributed by atoms with E-state index in [9.17, 15) is 4.79 Å². The van der Waals surface area contributed by atoms with Crippen LogP contribution in [0.2, 0.25) is 0 Å². The average molecular weight is 322 g/mol. The van der Waals surface area contributed by atoms with Crippen molar-refractivity contribution in [1.82, 2.24) is 10.3 Å². The van der Waals surface area contributed by atoms with E-state index in [1.807, 2.05) is 44.3 Å². The number of carbonyl (C=O) groups is 1. The molecule has 0 spiro atoms. The van der Waals surface area contributed by atoms with Gasteiger partial charge < -0.3 is 15.0 Å². The summed E-state index contributed by atoms with van der Waals surface area (Å²) < 4.78 is 5.45. The fourth-order valence-electron chi connectivity index (χ4n) is 2.88. The van der Waals surface area contributed by atoms with Gasteiger partial charge in [-0.05, 0) is 50.1 Å². The molecule has 0 bridgehead atoms. The van der Waals surface area contributed by atoms with Crippen LogP contribution in [0.15, 0.2) is 54.7 Å². The molecule has 0 fully saturated rings. The van der Waals surface area contributed by atoms with E-state index in [1.54, 1.807) is 12.1 Å². The minimum Gasteiger partial charge on any atom is -0.494 e. The number of hydrogen-bond donors (Lipinski definition) is 2. The molecule has 2 aromatic carbocycles. The molecule has 124 valence electrons. The number of rotatable bonds is 6. The first-order valence-electron chi connectivity index (χ1n) is 8.26. The predicted molar refractivity (Wildman–Crippen MR) is 96.5 cm³/mol. The van der Waals surface area contributed by atoms with E-state index in [4.69, 9.17) is 4.74 Å². The number of para-hydroxylation sites is 1. The number of carbonyl (C=O) groups excluding carboxylic acids is 1. The van der Waals surface area contributed by atoms with Crippen LogP contribution in [-0.2, 0) is 6.42 Å². The van der Waals surface area contributed by atoms with Crippen LogP contribution in [-0.4, -0.2) is 23.5 Å². The van der Waals surface area contributed by atoms with Crippen LogP contribution in [0.25, 0.3) is 10.9 Å². The van der Waals surface area contributed by atoms with Crippen molar-refractivity contribution in [2.45, 2.75) is 26.3 Å². The Morgan fingerprint density at radius 1 is 1.21 bits per heavy atom. The zero-order valence-electron chi connectivity index (χ0n) is 14.0. The van der Waals surface area contributed by atoms with Crippen molar-refractivity contribution in [2.24, 2.45) is 0 Å². The van der Waals surface area contributed by atoms with Crippen LogP contribution in [0.3, 0.4) is 0 Å². The molecular weight excluding hydrogens is 300 g/mol. The van der Waals surface area contributed by atoms with Crippen LogP contribution >= 0.6 is 0 Å². The molecule has 0 saturated heterocycles. The summed E-state index contributed by atoms with van der Waals surface area (Å²) in [6, 6.07) is 15.5. The van der Waals surface area contributed by atoms with Crippen LogP contribution in [0, 0.1) is 0 Å². The SMILES string of the molecule is CCOc1cccc(C(=O)NC(C)Cc2c[nH]c3ccccc23)c1. The smallest absolute Gasteiger partial charge is 0.251 e. The zero-order valence-corrected chi connectivity index (χ0v) is 14.0. The van der Waals surface area contributed by atoms with Gasteiger partial charge in [0, 0.05) is 28.7 Å². The highest BCUT2D eigenvalue weighted by Crippen LogP contribution is 2.19. The highest BCUT2D eigenvalue weighted by Gasteiger charge is 2.13. The van der Waals surface area contributed by atoms with Crippen LogP contribution in [0.5, 0.6) is 5.75 Å². The largest absolute Gasteiger partial charge is 0.494 e. The summed E-state index contributed by atoms with van der Waals surface area (Å²) in [6.07, 6.45) is 2.80. The number of ether oxygens (including phenoxy) is 1. The van der Waals surface area contributed by atoms with E-state index in [-0.39, 0.29) is 11.9 Å². The maximum Gasteiger partial charge on any atom is 0.251 e. The number of aromatic amines is 1. The Morgan fingerprint density at radius 2 is 2.04 bits per heavy atom. The van der Waals surface area contributed by atoms with Gasteiger partial charge in [0.25, 0.3) is 5.91 Å². The first-order valence-corrected chi connectivity index (χ1v) is 8.26. The molecule has 4 heteroatoms. The maximum absolute atomic E-state index is 12.4. The van der Waals surface area contributed by atoms with Gasteiger partial charge in [-0.25, -0.2) is 0 Å². The second kappa shape index (κ2) is 7.21. The number of fused-ring (bicyclic) bond motifs is 1. The number of aromatic nitrogens is 1. The highest BCUT2D eigenvalue weighted by atomic mass is 16.5. The van der Waals surface area contributed by atoms with E-state index in [0.29, 0.717) is 12.2 Å². The Bertz CT molecular complexity index is 838. The first-order chi connectivity index (χ1) is 11.7. The molecule has 0 aliphatic heterocycles. The van der Waals surface area contributed by atoms with Gasteiger partial charge >= 0.3 is 0 Å². The van der Waals surface area contributed by atoms with Crippen LogP contribution in [0.4, 0.5) is 0 Å². The van der Waals surface area contributed by atoms with Crippen molar-refractivity contribution >= 4 is 16.8 Å². The number of hydrogen-bond acceptors (Lipinski definition) is 2. The predicted octanol–water partition coefficient (Wildman–Crippen LogP) is 3.93. The molecule has 2 N–H and O–H groups in total. The fraction of sp³-hybridized carbons (Fsp3) is 0.250. The van der Waals surface area contributed by atoms with E-state index in [2.05, 4.69) is 22.4 Å². The molecule has 0 aliphatic rings. The van der Waals surface area contributed by atoms with Gasteiger partial charge in [-0.2, -0.15) is 0 Å². The van der Waals surface area contributed by atoms with Crippen molar-refractivity contribution in [3.05, 3.63) is 65.9 Å². The number of H-pyrrole nitrogens is 1. The summed E-state index contributed by atoms with van der Waals surface area (Å²) in [5, 5.41) is 4.27. The average Bonchev–Trinajstić information content (AvgIpc) is 2.98. The lowest BCUT2D eigenvalue weighted by Crippen LogP contribution is -2.34. The molecule has 1 atom stereocenters. The fourth-order valence-corrected chi connectivity index (χ4v) is 2.88. The van der Waals surface area contributed by atoms with Crippen molar-refractivity contribution < 1.29 is 9.53 Å². The standard InChI is InChI=1S/C20H22N2O2/c1-3-24-17-8-6-7-15(12-17)20(23)22-14(2)11-16-13-21-19-10-5-4-9-18(16)19/h4-10,12-14,21H,3,11H2,1-2H3,(H,22,23). The lowest BCUT2D eigenvalue weighted by molar-refractivity contribution is 0.0939. The van der Waals surface area contributed by atoms with Gasteiger partial charge in [0.05, 0.1) is 6.61 Å².